The van der Waals surface area contributed by atoms with Crippen LogP contribution in [0.15, 0.2) is 0 Å². The molecule has 0 amide bonds. The van der Waals surface area contributed by atoms with Gasteiger partial charge in [0.05, 0.1) is 11.9 Å². The number of aliphatic carboxylic acids is 1. The van der Waals surface area contributed by atoms with E-state index in [0.29, 0.717) is 0 Å². The molecule has 2 aliphatic rings. The van der Waals surface area contributed by atoms with Gasteiger partial charge >= 0.3 is 26.2 Å². The van der Waals surface area contributed by atoms with Gasteiger partial charge in [0.15, 0.2) is 0 Å². The summed E-state index contributed by atoms with van der Waals surface area (Å²) in [5, 5.41) is 10.9. The van der Waals surface area contributed by atoms with Crippen molar-refractivity contribution in [3.8, 4) is 0 Å². The fourth-order valence-electron chi connectivity index (χ4n) is 3.36. The Labute approximate surface area is 109 Å². The van der Waals surface area contributed by atoms with E-state index in [-0.39, 0.29) is 43.3 Å². The number of hydrogen-bond acceptors (Lipinski definition) is 3. The van der Waals surface area contributed by atoms with Crippen LogP contribution in [0.5, 0.6) is 0 Å². The number of hydrogen-bond donors (Lipinski definition) is 0. The molecule has 2 rings (SSSR count). The zero-order valence-corrected chi connectivity index (χ0v) is 12.7. The maximum absolute atomic E-state index is 11.9. The van der Waals surface area contributed by atoms with Gasteiger partial charge in [0.25, 0.3) is 0 Å². The molecule has 2 radical (unpaired) electrons. The van der Waals surface area contributed by atoms with Gasteiger partial charge in [0, 0.05) is 5.41 Å². The normalized spacial score (nSPS) is 41.4. The number of carbonyl (C=O) groups excluding carboxylic acids is 2. The van der Waals surface area contributed by atoms with Crippen LogP contribution in [0.2, 0.25) is 0 Å². The number of rotatable bonds is 1. The molecule has 0 aromatic heterocycles. The van der Waals surface area contributed by atoms with Gasteiger partial charge in [-0.05, 0) is 24.2 Å². The fraction of sp³-hybridized carbons (Fsp3) is 0.818. The number of carbonyl (C=O) groups is 2. The van der Waals surface area contributed by atoms with E-state index in [1.165, 1.54) is 0 Å². The Balaban J connectivity index is 0.00000112. The Bertz CT molecular complexity index is 324. The minimum absolute atomic E-state index is 0. The zero-order chi connectivity index (χ0) is 10.7. The van der Waals surface area contributed by atoms with Gasteiger partial charge in [-0.3, -0.25) is 4.79 Å². The van der Waals surface area contributed by atoms with Gasteiger partial charge in [-0.1, -0.05) is 20.8 Å². The molecule has 2 aliphatic carbocycles. The van der Waals surface area contributed by atoms with E-state index in [1.807, 2.05) is 20.8 Å². The van der Waals surface area contributed by atoms with E-state index >= 15 is 0 Å². The van der Waals surface area contributed by atoms with Gasteiger partial charge < -0.3 is 9.90 Å². The monoisotopic (exact) mass is 404 g/mol. The summed E-state index contributed by atoms with van der Waals surface area (Å²) in [4.78, 5) is 22.8. The van der Waals surface area contributed by atoms with Crippen LogP contribution in [-0.4, -0.2) is 38.0 Å². The van der Waals surface area contributed by atoms with Crippen molar-refractivity contribution in [1.29, 1.82) is 0 Å². The smallest absolute Gasteiger partial charge is 0.549 e. The topological polar surface area (TPSA) is 57.2 Å². The Morgan fingerprint density at radius 3 is 2.20 bits per heavy atom. The van der Waals surface area contributed by atoms with Crippen LogP contribution in [0, 0.1) is 22.7 Å². The first-order valence-corrected chi connectivity index (χ1v) is 5.07. The van der Waals surface area contributed by atoms with Crippen molar-refractivity contribution in [2.45, 2.75) is 33.6 Å². The SMILES string of the molecule is CC12CCC(C(C(=O)[O-])C1=O)C2(C)C.[Bi+3]. The average Bonchev–Trinajstić information content (AvgIpc) is 2.35. The molecule has 4 heteroatoms. The minimum Gasteiger partial charge on any atom is -0.549 e. The van der Waals surface area contributed by atoms with Crippen molar-refractivity contribution < 1.29 is 14.7 Å². The third kappa shape index (κ3) is 1.33. The van der Waals surface area contributed by atoms with Gasteiger partial charge in [0.1, 0.15) is 5.78 Å². The summed E-state index contributed by atoms with van der Waals surface area (Å²) in [5.41, 5.74) is -0.628. The second kappa shape index (κ2) is 3.51. The summed E-state index contributed by atoms with van der Waals surface area (Å²) in [5.74, 6) is -2.18. The summed E-state index contributed by atoms with van der Waals surface area (Å²) >= 11 is 0. The predicted molar refractivity (Wildman–Crippen MR) is 53.9 cm³/mol. The molecule has 2 saturated carbocycles. The second-order valence-corrected chi connectivity index (χ2v) is 5.36. The summed E-state index contributed by atoms with van der Waals surface area (Å²) in [6, 6.07) is 0. The molecule has 0 saturated heterocycles. The standard InChI is InChI=1S/C11H16O3.Bi/c1-10(2)6-4-5-11(10,3)8(12)7(6)9(13)14;/h6-7H,4-5H2,1-3H3,(H,13,14);/q;+3/p-1. The molecule has 0 aromatic rings. The molecule has 3 nitrogen and oxygen atoms in total. The third-order valence-electron chi connectivity index (χ3n) is 4.79. The maximum Gasteiger partial charge on any atom is 3.00 e. The van der Waals surface area contributed by atoms with Crippen LogP contribution >= 0.6 is 0 Å². The molecular weight excluding hydrogens is 389 g/mol. The molecule has 0 spiro atoms. The molecule has 2 bridgehead atoms. The van der Waals surface area contributed by atoms with Crippen LogP contribution < -0.4 is 5.11 Å². The van der Waals surface area contributed by atoms with Crippen LogP contribution in [0.25, 0.3) is 0 Å². The molecule has 3 atom stereocenters. The van der Waals surface area contributed by atoms with Crippen molar-refractivity contribution in [1.82, 2.24) is 0 Å². The van der Waals surface area contributed by atoms with E-state index in [9.17, 15) is 14.7 Å². The third-order valence-corrected chi connectivity index (χ3v) is 4.79. The molecule has 0 aliphatic heterocycles. The van der Waals surface area contributed by atoms with Crippen molar-refractivity contribution in [3.63, 3.8) is 0 Å². The molecule has 0 aromatic carbocycles. The number of carboxylic acid groups (broad SMARTS) is 1. The average molecular weight is 404 g/mol. The Kier molecular flexibility index (Phi) is 3.06. The van der Waals surface area contributed by atoms with Gasteiger partial charge in [0.2, 0.25) is 0 Å². The number of Topliss-reactive ketones (excluding diaryl/α,β-unsaturated/α-hetero) is 1. The molecule has 2 fully saturated rings. The number of ketones is 1. The first-order valence-electron chi connectivity index (χ1n) is 5.07. The van der Waals surface area contributed by atoms with E-state index in [4.69, 9.17) is 0 Å². The quantitative estimate of drug-likeness (QED) is 0.457. The van der Waals surface area contributed by atoms with Crippen molar-refractivity contribution in [2.24, 2.45) is 22.7 Å². The maximum atomic E-state index is 11.9. The number of carboxylic acids is 1. The van der Waals surface area contributed by atoms with Crippen LogP contribution in [-0.2, 0) is 9.59 Å². The molecular formula is C11H15BiO3+2. The summed E-state index contributed by atoms with van der Waals surface area (Å²) < 4.78 is 0. The first-order chi connectivity index (χ1) is 6.32. The van der Waals surface area contributed by atoms with Crippen molar-refractivity contribution in [3.05, 3.63) is 0 Å². The van der Waals surface area contributed by atoms with E-state index < -0.39 is 17.3 Å². The molecule has 15 heavy (non-hydrogen) atoms. The Morgan fingerprint density at radius 2 is 1.93 bits per heavy atom. The van der Waals surface area contributed by atoms with E-state index in [0.717, 1.165) is 12.8 Å². The minimum atomic E-state index is -1.18. The van der Waals surface area contributed by atoms with E-state index in [2.05, 4.69) is 0 Å². The van der Waals surface area contributed by atoms with Crippen LogP contribution in [0.3, 0.4) is 0 Å². The molecule has 0 N–H and O–H groups in total. The Morgan fingerprint density at radius 1 is 1.40 bits per heavy atom. The van der Waals surface area contributed by atoms with Gasteiger partial charge in [-0.2, -0.15) is 0 Å². The summed E-state index contributed by atoms with van der Waals surface area (Å²) in [7, 11) is 0. The first kappa shape index (κ1) is 13.1. The Hall–Kier alpha value is 0.0231. The molecule has 0 heterocycles. The van der Waals surface area contributed by atoms with E-state index in [1.54, 1.807) is 0 Å². The van der Waals surface area contributed by atoms with Gasteiger partial charge in [-0.25, -0.2) is 0 Å². The largest absolute Gasteiger partial charge is 3.00 e. The fourth-order valence-corrected chi connectivity index (χ4v) is 3.36. The zero-order valence-electron chi connectivity index (χ0n) is 9.24. The summed E-state index contributed by atoms with van der Waals surface area (Å²) in [6.07, 6.45) is 1.67. The predicted octanol–water partition coefficient (Wildman–Crippen LogP) is -0.00310. The molecule has 3 unspecified atom stereocenters. The van der Waals surface area contributed by atoms with Crippen LogP contribution in [0.1, 0.15) is 33.6 Å². The van der Waals surface area contributed by atoms with Crippen LogP contribution in [0.4, 0.5) is 0 Å². The van der Waals surface area contributed by atoms with Crippen molar-refractivity contribution in [2.75, 3.05) is 0 Å². The summed E-state index contributed by atoms with van der Waals surface area (Å²) in [6.45, 7) is 5.91. The molecule has 80 valence electrons. The second-order valence-electron chi connectivity index (χ2n) is 5.36. The van der Waals surface area contributed by atoms with Gasteiger partial charge in [-0.15, -0.1) is 0 Å². The number of fused-ring (bicyclic) bond motifs is 2. The van der Waals surface area contributed by atoms with Crippen molar-refractivity contribution >= 4 is 38.0 Å².